The minimum absolute atomic E-state index is 0.0333. The van der Waals surface area contributed by atoms with Crippen LogP contribution in [0.1, 0.15) is 11.1 Å². The number of carbonyl (C=O) groups excluding carboxylic acids is 1. The zero-order valence-corrected chi connectivity index (χ0v) is 11.5. The molecule has 2 aromatic carbocycles. The van der Waals surface area contributed by atoms with Crippen LogP contribution in [0.3, 0.4) is 0 Å². The molecule has 2 aromatic rings. The second kappa shape index (κ2) is 5.95. The Kier molecular flexibility index (Phi) is 3.85. The number of hydrogen-bond acceptors (Lipinski definition) is 4. The van der Waals surface area contributed by atoms with Crippen molar-refractivity contribution in [2.45, 2.75) is 13.2 Å². The van der Waals surface area contributed by atoms with E-state index in [2.05, 4.69) is 5.32 Å². The van der Waals surface area contributed by atoms with E-state index >= 15 is 0 Å². The van der Waals surface area contributed by atoms with Gasteiger partial charge in [0.05, 0.1) is 19.8 Å². The van der Waals surface area contributed by atoms with Gasteiger partial charge in [-0.15, -0.1) is 0 Å². The van der Waals surface area contributed by atoms with Gasteiger partial charge in [-0.3, -0.25) is 4.79 Å². The largest absolute Gasteiger partial charge is 0.457 e. The van der Waals surface area contributed by atoms with Gasteiger partial charge in [0, 0.05) is 11.3 Å². The predicted octanol–water partition coefficient (Wildman–Crippen LogP) is 2.41. The first-order chi connectivity index (χ1) is 10.3. The molecule has 0 unspecified atom stereocenters. The lowest BCUT2D eigenvalue weighted by Gasteiger charge is -2.10. The van der Waals surface area contributed by atoms with Gasteiger partial charge in [0.25, 0.3) is 0 Å². The van der Waals surface area contributed by atoms with Crippen molar-refractivity contribution in [3.8, 4) is 11.5 Å². The molecule has 0 spiro atoms. The molecule has 0 aromatic heterocycles. The third-order valence-electron chi connectivity index (χ3n) is 3.29. The normalized spacial score (nSPS) is 12.8. The monoisotopic (exact) mass is 284 g/mol. The Labute approximate surface area is 122 Å². The second-order valence-electron chi connectivity index (χ2n) is 4.77. The molecular weight excluding hydrogens is 268 g/mol. The summed E-state index contributed by atoms with van der Waals surface area (Å²) < 4.78 is 11.3. The van der Waals surface area contributed by atoms with Crippen LogP contribution < -0.4 is 15.8 Å². The van der Waals surface area contributed by atoms with Crippen molar-refractivity contribution >= 4 is 11.6 Å². The fourth-order valence-corrected chi connectivity index (χ4v) is 2.21. The summed E-state index contributed by atoms with van der Waals surface area (Å²) in [5.41, 5.74) is 8.21. The first kappa shape index (κ1) is 13.6. The van der Waals surface area contributed by atoms with Crippen LogP contribution in [0.4, 0.5) is 5.69 Å². The Morgan fingerprint density at radius 1 is 1.19 bits per heavy atom. The van der Waals surface area contributed by atoms with Gasteiger partial charge in [0.15, 0.2) is 0 Å². The number of nitrogens with one attached hydrogen (secondary N) is 1. The molecule has 0 atom stereocenters. The van der Waals surface area contributed by atoms with E-state index in [1.54, 1.807) is 24.3 Å². The molecule has 0 saturated carbocycles. The Hall–Kier alpha value is -2.37. The number of rotatable bonds is 4. The van der Waals surface area contributed by atoms with Crippen molar-refractivity contribution in [3.63, 3.8) is 0 Å². The minimum atomic E-state index is -0.221. The molecule has 1 heterocycles. The van der Waals surface area contributed by atoms with E-state index in [0.717, 1.165) is 11.3 Å². The van der Waals surface area contributed by atoms with Gasteiger partial charge in [-0.1, -0.05) is 12.1 Å². The molecule has 0 bridgehead atoms. The van der Waals surface area contributed by atoms with Crippen LogP contribution in [0.25, 0.3) is 0 Å². The van der Waals surface area contributed by atoms with Crippen LogP contribution in [-0.2, 0) is 22.7 Å². The molecule has 21 heavy (non-hydrogen) atoms. The number of carbonyl (C=O) groups is 1. The van der Waals surface area contributed by atoms with Gasteiger partial charge >= 0.3 is 0 Å². The highest BCUT2D eigenvalue weighted by Gasteiger charge is 2.16. The van der Waals surface area contributed by atoms with Crippen molar-refractivity contribution in [3.05, 3.63) is 53.6 Å². The van der Waals surface area contributed by atoms with Crippen molar-refractivity contribution in [1.29, 1.82) is 0 Å². The summed E-state index contributed by atoms with van der Waals surface area (Å²) in [5.74, 6) is 1.30. The Balaban J connectivity index is 1.74. The summed E-state index contributed by atoms with van der Waals surface area (Å²) >= 11 is 0. The molecule has 0 fully saturated rings. The highest BCUT2D eigenvalue weighted by atomic mass is 16.5. The van der Waals surface area contributed by atoms with Crippen molar-refractivity contribution in [2.75, 3.05) is 11.9 Å². The number of hydrogen-bond donors (Lipinski definition) is 2. The van der Waals surface area contributed by atoms with Crippen LogP contribution in [0.5, 0.6) is 11.5 Å². The summed E-state index contributed by atoms with van der Waals surface area (Å²) in [4.78, 5) is 11.2. The summed E-state index contributed by atoms with van der Waals surface area (Å²) in [6, 6.07) is 13.1. The van der Waals surface area contributed by atoms with E-state index in [9.17, 15) is 4.79 Å². The Morgan fingerprint density at radius 3 is 2.76 bits per heavy atom. The molecule has 1 aliphatic heterocycles. The number of fused-ring (bicyclic) bond motifs is 1. The number of ether oxygens (including phenoxy) is 2. The highest BCUT2D eigenvalue weighted by Crippen LogP contribution is 2.32. The first-order valence-electron chi connectivity index (χ1n) is 6.72. The maximum Gasteiger partial charge on any atom is 0.238 e. The van der Waals surface area contributed by atoms with Gasteiger partial charge < -0.3 is 20.5 Å². The van der Waals surface area contributed by atoms with E-state index < -0.39 is 0 Å². The van der Waals surface area contributed by atoms with Crippen LogP contribution in [0.15, 0.2) is 42.5 Å². The molecule has 0 radical (unpaired) electrons. The van der Waals surface area contributed by atoms with E-state index in [4.69, 9.17) is 15.2 Å². The van der Waals surface area contributed by atoms with E-state index in [1.165, 1.54) is 5.56 Å². The average molecular weight is 284 g/mol. The quantitative estimate of drug-likeness (QED) is 0.904. The molecule has 108 valence electrons. The lowest BCUT2D eigenvalue weighted by atomic mass is 10.1. The van der Waals surface area contributed by atoms with Crippen LogP contribution >= 0.6 is 0 Å². The van der Waals surface area contributed by atoms with Gasteiger partial charge in [-0.25, -0.2) is 0 Å². The zero-order valence-electron chi connectivity index (χ0n) is 11.5. The Morgan fingerprint density at radius 2 is 2.00 bits per heavy atom. The second-order valence-corrected chi connectivity index (χ2v) is 4.77. The summed E-state index contributed by atoms with van der Waals surface area (Å²) in [6.07, 6.45) is 0. The molecule has 0 saturated heterocycles. The summed E-state index contributed by atoms with van der Waals surface area (Å²) in [5, 5.41) is 2.68. The molecule has 3 N–H and O–H groups in total. The van der Waals surface area contributed by atoms with Crippen molar-refractivity contribution in [2.24, 2.45) is 5.73 Å². The predicted molar refractivity (Wildman–Crippen MR) is 79.1 cm³/mol. The first-order valence-corrected chi connectivity index (χ1v) is 6.72. The van der Waals surface area contributed by atoms with Crippen LogP contribution in [0, 0.1) is 0 Å². The number of nitrogens with two attached hydrogens (primary N) is 1. The maximum absolute atomic E-state index is 11.2. The SMILES string of the molecule is NCC(=O)Nc1ccc(Oc2cccc3c2COC3)cc1. The van der Waals surface area contributed by atoms with Crippen molar-refractivity contribution in [1.82, 2.24) is 0 Å². The minimum Gasteiger partial charge on any atom is -0.457 e. The molecule has 5 heteroatoms. The molecule has 1 aliphatic rings. The van der Waals surface area contributed by atoms with E-state index in [1.807, 2.05) is 18.2 Å². The van der Waals surface area contributed by atoms with Crippen LogP contribution in [0.2, 0.25) is 0 Å². The number of amides is 1. The van der Waals surface area contributed by atoms with Gasteiger partial charge in [0.1, 0.15) is 11.5 Å². The fraction of sp³-hybridized carbons (Fsp3) is 0.188. The molecule has 1 amide bonds. The van der Waals surface area contributed by atoms with Gasteiger partial charge in [-0.2, -0.15) is 0 Å². The fourth-order valence-electron chi connectivity index (χ4n) is 2.21. The number of anilines is 1. The van der Waals surface area contributed by atoms with E-state index in [0.29, 0.717) is 24.7 Å². The van der Waals surface area contributed by atoms with E-state index in [-0.39, 0.29) is 12.5 Å². The van der Waals surface area contributed by atoms with Crippen molar-refractivity contribution < 1.29 is 14.3 Å². The van der Waals surface area contributed by atoms with Gasteiger partial charge in [-0.05, 0) is 35.9 Å². The average Bonchev–Trinajstić information content (AvgIpc) is 2.99. The smallest absolute Gasteiger partial charge is 0.238 e. The Bertz CT molecular complexity index is 653. The summed E-state index contributed by atoms with van der Waals surface area (Å²) in [7, 11) is 0. The van der Waals surface area contributed by atoms with Crippen LogP contribution in [-0.4, -0.2) is 12.5 Å². The molecule has 0 aliphatic carbocycles. The standard InChI is InChI=1S/C16H16N2O3/c17-8-16(19)18-12-4-6-13(7-5-12)21-15-3-1-2-11-9-20-10-14(11)15/h1-7H,8-10,17H2,(H,18,19). The third kappa shape index (κ3) is 3.04. The highest BCUT2D eigenvalue weighted by molar-refractivity contribution is 5.92. The zero-order chi connectivity index (χ0) is 14.7. The maximum atomic E-state index is 11.2. The molecule has 3 rings (SSSR count). The molecule has 5 nitrogen and oxygen atoms in total. The number of benzene rings is 2. The lowest BCUT2D eigenvalue weighted by Crippen LogP contribution is -2.21. The molecular formula is C16H16N2O3. The van der Waals surface area contributed by atoms with Gasteiger partial charge in [0.2, 0.25) is 5.91 Å². The summed E-state index contributed by atoms with van der Waals surface area (Å²) in [6.45, 7) is 1.18. The third-order valence-corrected chi connectivity index (χ3v) is 3.29. The topological polar surface area (TPSA) is 73.6 Å². The lowest BCUT2D eigenvalue weighted by molar-refractivity contribution is -0.114.